The summed E-state index contributed by atoms with van der Waals surface area (Å²) in [6.07, 6.45) is -11.6. The highest BCUT2D eigenvalue weighted by Gasteiger charge is 2.72. The van der Waals surface area contributed by atoms with E-state index in [2.05, 4.69) is 13.8 Å². The number of aryl methyl sites for hydroxylation is 4. The minimum Gasteiger partial charge on any atom is -0.457 e. The third-order valence-electron chi connectivity index (χ3n) is 17.3. The van der Waals surface area contributed by atoms with Crippen LogP contribution in [0.3, 0.4) is 0 Å². The van der Waals surface area contributed by atoms with Gasteiger partial charge in [0.1, 0.15) is 46.0 Å². The first-order chi connectivity index (χ1) is 48.5. The van der Waals surface area contributed by atoms with Crippen molar-refractivity contribution in [3.63, 3.8) is 0 Å². The summed E-state index contributed by atoms with van der Waals surface area (Å²) >= 11 is 0. The van der Waals surface area contributed by atoms with Crippen molar-refractivity contribution in [2.75, 3.05) is 0 Å². The number of hydrogen-bond acceptors (Lipinski definition) is 10. The van der Waals surface area contributed by atoms with Gasteiger partial charge in [-0.25, -0.2) is 16.8 Å². The summed E-state index contributed by atoms with van der Waals surface area (Å²) in [6, 6.07) is 75.2. The molecule has 0 aliphatic carbocycles. The van der Waals surface area contributed by atoms with E-state index in [0.29, 0.717) is 45.3 Å². The summed E-state index contributed by atoms with van der Waals surface area (Å²) < 4.78 is 164. The maximum Gasteiger partial charge on any atom is 0.411 e. The quantitative estimate of drug-likeness (QED) is 0.0535. The lowest BCUT2D eigenvalue weighted by Crippen LogP contribution is -2.54. The SMILES string of the molecule is Cc1ccc(C(=O)c2ccc(Oc3ccc(C(c4ccc(Oc5ccc(C(=O)c6ccc(C)cc6)cc5)cc4)(C(F)(F)F)C(F)(F)F)cc3)cc2)cc1.Cc1ccc(S(=O)(=O)c2ccc(Oc3ccc(C(C)(C)c4ccc(Oc5ccc(S(=O)(=O)c6ccc(C)cc6)cc5)cc4)cc3)cc2)cc1. The van der Waals surface area contributed by atoms with Gasteiger partial charge in [0.15, 0.2) is 11.6 Å². The van der Waals surface area contributed by atoms with Gasteiger partial charge in [0.2, 0.25) is 25.1 Å². The van der Waals surface area contributed by atoms with Gasteiger partial charge in [-0.3, -0.25) is 9.59 Å². The molecule has 0 saturated heterocycles. The maximum atomic E-state index is 14.8. The van der Waals surface area contributed by atoms with Crippen molar-refractivity contribution in [3.05, 3.63) is 358 Å². The van der Waals surface area contributed by atoms with Gasteiger partial charge in [-0.1, -0.05) is 157 Å². The van der Waals surface area contributed by atoms with Crippen molar-refractivity contribution in [2.45, 2.75) is 84.3 Å². The van der Waals surface area contributed by atoms with Crippen LogP contribution in [0.4, 0.5) is 26.3 Å². The molecule has 12 aromatic carbocycles. The summed E-state index contributed by atoms with van der Waals surface area (Å²) in [6.45, 7) is 11.9. The van der Waals surface area contributed by atoms with Crippen LogP contribution in [-0.4, -0.2) is 40.8 Å². The Bertz CT molecular complexity index is 4820. The molecule has 0 N–H and O–H groups in total. The van der Waals surface area contributed by atoms with Crippen molar-refractivity contribution in [3.8, 4) is 46.0 Å². The summed E-state index contributed by atoms with van der Waals surface area (Å²) in [7, 11) is -7.22. The number of sulfone groups is 2. The van der Waals surface area contributed by atoms with Crippen molar-refractivity contribution >= 4 is 31.2 Å². The topological polar surface area (TPSA) is 139 Å². The standard InChI is InChI=1S/C43H30F6O4.C41H36O6S2/c1-27-3-7-29(8-4-27)39(50)31-11-19-35(20-12-31)52-37-23-15-33(16-24-37)41(42(44,45)46,43(47,48)49)34-17-25-38(26-18-34)53-36-21-13-32(14-22-36)40(51)30-9-5-28(2)6-10-30;1-29-5-21-37(22-6-29)48(42,43)39-25-17-35(18-26-39)46-33-13-9-31(10-14-33)41(3,4)32-11-15-34(16-12-32)47-36-19-27-40(28-20-36)49(44,45)38-23-7-30(2)8-24-38/h3-26H,1-2H3;5-28H,1-4H3. The fourth-order valence-corrected chi connectivity index (χ4v) is 13.8. The first-order valence-corrected chi connectivity index (χ1v) is 35.0. The Morgan fingerprint density at radius 3 is 0.637 bits per heavy atom. The molecule has 12 rings (SSSR count). The van der Waals surface area contributed by atoms with E-state index in [1.165, 1.54) is 48.5 Å². The molecular weight excluding hydrogens is 1350 g/mol. The highest BCUT2D eigenvalue weighted by Crippen LogP contribution is 2.57. The van der Waals surface area contributed by atoms with Crippen molar-refractivity contribution in [1.82, 2.24) is 0 Å². The molecule has 0 aliphatic rings. The van der Waals surface area contributed by atoms with E-state index in [1.54, 1.807) is 121 Å². The second-order valence-electron chi connectivity index (χ2n) is 24.9. The number of carbonyl (C=O) groups is 2. The molecule has 102 heavy (non-hydrogen) atoms. The van der Waals surface area contributed by atoms with Gasteiger partial charge in [-0.2, -0.15) is 26.3 Å². The Labute approximate surface area is 587 Å². The number of ether oxygens (including phenoxy) is 4. The van der Waals surface area contributed by atoms with Crippen LogP contribution < -0.4 is 18.9 Å². The van der Waals surface area contributed by atoms with E-state index in [4.69, 9.17) is 18.9 Å². The smallest absolute Gasteiger partial charge is 0.411 e. The summed E-state index contributed by atoms with van der Waals surface area (Å²) in [4.78, 5) is 26.5. The number of rotatable bonds is 20. The normalized spacial score (nSPS) is 12.0. The zero-order valence-corrected chi connectivity index (χ0v) is 57.5. The largest absolute Gasteiger partial charge is 0.457 e. The Morgan fingerprint density at radius 1 is 0.255 bits per heavy atom. The monoisotopic (exact) mass is 1410 g/mol. The molecule has 0 heterocycles. The molecule has 0 unspecified atom stereocenters. The molecule has 0 aliphatic heterocycles. The van der Waals surface area contributed by atoms with Crippen LogP contribution >= 0.6 is 0 Å². The van der Waals surface area contributed by atoms with Gasteiger partial charge < -0.3 is 18.9 Å². The van der Waals surface area contributed by atoms with E-state index >= 15 is 0 Å². The maximum absolute atomic E-state index is 14.8. The van der Waals surface area contributed by atoms with Crippen LogP contribution in [0.25, 0.3) is 0 Å². The molecular formula is C84H66F6O10S2. The van der Waals surface area contributed by atoms with Crippen LogP contribution in [0.5, 0.6) is 46.0 Å². The van der Waals surface area contributed by atoms with Crippen molar-refractivity contribution in [2.24, 2.45) is 0 Å². The zero-order valence-electron chi connectivity index (χ0n) is 55.9. The Balaban J connectivity index is 0.000000206. The molecule has 0 amide bonds. The third kappa shape index (κ3) is 16.0. The Hall–Kier alpha value is -11.3. The number of halogens is 6. The van der Waals surface area contributed by atoms with Crippen LogP contribution in [0.15, 0.2) is 311 Å². The lowest BCUT2D eigenvalue weighted by Gasteiger charge is -2.38. The Morgan fingerprint density at radius 2 is 0.422 bits per heavy atom. The van der Waals surface area contributed by atoms with Gasteiger partial charge in [0, 0.05) is 27.7 Å². The molecule has 516 valence electrons. The van der Waals surface area contributed by atoms with Crippen LogP contribution in [0.2, 0.25) is 0 Å². The molecule has 0 saturated carbocycles. The van der Waals surface area contributed by atoms with Gasteiger partial charge in [-0.15, -0.1) is 0 Å². The van der Waals surface area contributed by atoms with E-state index < -0.39 is 48.6 Å². The van der Waals surface area contributed by atoms with E-state index in [0.717, 1.165) is 81.9 Å². The van der Waals surface area contributed by atoms with Crippen LogP contribution in [0, 0.1) is 27.7 Å². The molecule has 10 nitrogen and oxygen atoms in total. The number of carbonyl (C=O) groups excluding carboxylic acids is 2. The van der Waals surface area contributed by atoms with Crippen molar-refractivity contribution < 1.29 is 71.7 Å². The molecule has 0 fully saturated rings. The molecule has 12 aromatic rings. The molecule has 0 aromatic heterocycles. The van der Waals surface area contributed by atoms with Crippen LogP contribution in [0.1, 0.15) is 90.2 Å². The average Bonchev–Trinajstić information content (AvgIpc) is 0.716. The first-order valence-electron chi connectivity index (χ1n) is 32.0. The number of alkyl halides is 6. The third-order valence-corrected chi connectivity index (χ3v) is 20.9. The average molecular weight is 1410 g/mol. The predicted octanol–water partition coefficient (Wildman–Crippen LogP) is 21.6. The highest BCUT2D eigenvalue weighted by molar-refractivity contribution is 7.91. The van der Waals surface area contributed by atoms with E-state index in [-0.39, 0.29) is 59.6 Å². The first kappa shape index (κ1) is 71.9. The van der Waals surface area contributed by atoms with Gasteiger partial charge >= 0.3 is 12.4 Å². The minimum absolute atomic E-state index is 0.0139. The summed E-state index contributed by atoms with van der Waals surface area (Å²) in [5.74, 6) is 2.30. The predicted molar refractivity (Wildman–Crippen MR) is 379 cm³/mol. The molecule has 0 bridgehead atoms. The fourth-order valence-electron chi connectivity index (χ4n) is 11.3. The van der Waals surface area contributed by atoms with Gasteiger partial charge in [-0.05, 0) is 220 Å². The molecule has 0 radical (unpaired) electrons. The zero-order chi connectivity index (χ0) is 72.8. The molecule has 18 heteroatoms. The number of ketones is 2. The molecule has 0 spiro atoms. The second-order valence-corrected chi connectivity index (χ2v) is 28.8. The highest BCUT2D eigenvalue weighted by atomic mass is 32.2. The summed E-state index contributed by atoms with van der Waals surface area (Å²) in [5, 5.41) is 0. The van der Waals surface area contributed by atoms with Gasteiger partial charge in [0.05, 0.1) is 19.6 Å². The minimum atomic E-state index is -5.80. The molecule has 0 atom stereocenters. The second kappa shape index (κ2) is 29.5. The van der Waals surface area contributed by atoms with Crippen LogP contribution in [-0.2, 0) is 30.5 Å². The fraction of sp³-hybridized carbons (Fsp3) is 0.119. The number of hydrogen-bond donors (Lipinski definition) is 0. The summed E-state index contributed by atoms with van der Waals surface area (Å²) in [5.41, 5.74) is 1.03. The van der Waals surface area contributed by atoms with Gasteiger partial charge in [0.25, 0.3) is 0 Å². The van der Waals surface area contributed by atoms with E-state index in [9.17, 15) is 52.8 Å². The Kier molecular flexibility index (Phi) is 20.8. The van der Waals surface area contributed by atoms with E-state index in [1.807, 2.05) is 100 Å². The lowest BCUT2D eigenvalue weighted by atomic mass is 9.73. The van der Waals surface area contributed by atoms with Crippen molar-refractivity contribution in [1.29, 1.82) is 0 Å². The lowest BCUT2D eigenvalue weighted by molar-refractivity contribution is -0.288. The number of benzene rings is 12.